The minimum Gasteiger partial charge on any atom is -0.337 e. The smallest absolute Gasteiger partial charge is 0.257 e. The average molecular weight is 395 g/mol. The van der Waals surface area contributed by atoms with Gasteiger partial charge in [-0.1, -0.05) is 32.0 Å². The zero-order valence-corrected chi connectivity index (χ0v) is 17.4. The van der Waals surface area contributed by atoms with Gasteiger partial charge in [-0.15, -0.1) is 0 Å². The second-order valence-electron chi connectivity index (χ2n) is 8.60. The van der Waals surface area contributed by atoms with Gasteiger partial charge in [0.1, 0.15) is 0 Å². The third-order valence-electron chi connectivity index (χ3n) is 5.70. The summed E-state index contributed by atoms with van der Waals surface area (Å²) in [6.07, 6.45) is 4.84. The molecular weight excluding hydrogens is 364 g/mol. The molecule has 1 aliphatic carbocycles. The summed E-state index contributed by atoms with van der Waals surface area (Å²) in [4.78, 5) is 29.9. The quantitative estimate of drug-likeness (QED) is 0.781. The number of hydrogen-bond acceptors (Lipinski definition) is 3. The molecule has 154 valence electrons. The van der Waals surface area contributed by atoms with E-state index in [0.29, 0.717) is 43.6 Å². The minimum absolute atomic E-state index is 0.0447. The third kappa shape index (κ3) is 4.36. The van der Waals surface area contributed by atoms with Gasteiger partial charge < -0.3 is 9.80 Å². The lowest BCUT2D eigenvalue weighted by atomic mass is 10.1. The van der Waals surface area contributed by atoms with Gasteiger partial charge in [0.25, 0.3) is 11.8 Å². The van der Waals surface area contributed by atoms with Crippen LogP contribution >= 0.6 is 0 Å². The average Bonchev–Trinajstić information content (AvgIpc) is 3.52. The zero-order chi connectivity index (χ0) is 20.4. The van der Waals surface area contributed by atoms with Crippen molar-refractivity contribution in [3.8, 4) is 0 Å². The Balaban J connectivity index is 1.47. The molecule has 0 N–H and O–H groups in total. The molecule has 6 heteroatoms. The van der Waals surface area contributed by atoms with E-state index in [1.165, 1.54) is 0 Å². The fourth-order valence-electron chi connectivity index (χ4n) is 4.10. The highest BCUT2D eigenvalue weighted by Crippen LogP contribution is 2.42. The third-order valence-corrected chi connectivity index (χ3v) is 5.70. The molecule has 1 aromatic carbocycles. The van der Waals surface area contributed by atoms with Crippen LogP contribution in [0.1, 0.15) is 65.4 Å². The number of nitrogens with zero attached hydrogens (tertiary/aromatic N) is 4. The second-order valence-corrected chi connectivity index (χ2v) is 8.60. The lowest BCUT2D eigenvalue weighted by Crippen LogP contribution is -2.37. The van der Waals surface area contributed by atoms with Gasteiger partial charge >= 0.3 is 0 Å². The first-order chi connectivity index (χ1) is 14.0. The normalized spacial score (nSPS) is 17.5. The van der Waals surface area contributed by atoms with Gasteiger partial charge in [0, 0.05) is 44.2 Å². The topological polar surface area (TPSA) is 58.4 Å². The Kier molecular flexibility index (Phi) is 5.69. The van der Waals surface area contributed by atoms with E-state index >= 15 is 0 Å². The molecule has 0 atom stereocenters. The van der Waals surface area contributed by atoms with Gasteiger partial charge in [0.2, 0.25) is 0 Å². The molecular formula is C23H30N4O2. The number of aromatic nitrogens is 2. The maximum atomic E-state index is 13.3. The molecule has 0 radical (unpaired) electrons. The Hall–Kier alpha value is -2.63. The van der Waals surface area contributed by atoms with E-state index in [-0.39, 0.29) is 11.8 Å². The van der Waals surface area contributed by atoms with E-state index < -0.39 is 0 Å². The van der Waals surface area contributed by atoms with Gasteiger partial charge in [-0.3, -0.25) is 14.3 Å². The summed E-state index contributed by atoms with van der Waals surface area (Å²) < 4.78 is 2.04. The second kappa shape index (κ2) is 8.39. The van der Waals surface area contributed by atoms with Crippen molar-refractivity contribution in [2.45, 2.75) is 45.6 Å². The number of hydrogen-bond donors (Lipinski definition) is 0. The van der Waals surface area contributed by atoms with Crippen LogP contribution in [0.15, 0.2) is 36.5 Å². The monoisotopic (exact) mass is 394 g/mol. The Morgan fingerprint density at radius 3 is 2.28 bits per heavy atom. The van der Waals surface area contributed by atoms with Gasteiger partial charge in [0.05, 0.1) is 17.5 Å². The highest BCUT2D eigenvalue weighted by molar-refractivity contribution is 5.96. The first kappa shape index (κ1) is 19.7. The summed E-state index contributed by atoms with van der Waals surface area (Å²) >= 11 is 0. The highest BCUT2D eigenvalue weighted by atomic mass is 16.2. The molecule has 2 aromatic rings. The van der Waals surface area contributed by atoms with Gasteiger partial charge in [-0.2, -0.15) is 5.10 Å². The van der Waals surface area contributed by atoms with E-state index in [2.05, 4.69) is 18.9 Å². The predicted molar refractivity (Wildman–Crippen MR) is 112 cm³/mol. The maximum Gasteiger partial charge on any atom is 0.257 e. The summed E-state index contributed by atoms with van der Waals surface area (Å²) in [6.45, 7) is 7.68. The SMILES string of the molecule is CC(C)Cn1ncc(C(=O)N2CCCN(C(=O)c3ccccc3)CC2)c1C1CC1. The largest absolute Gasteiger partial charge is 0.337 e. The molecule has 4 rings (SSSR count). The van der Waals surface area contributed by atoms with Crippen molar-refractivity contribution in [3.05, 3.63) is 53.3 Å². The van der Waals surface area contributed by atoms with E-state index in [4.69, 9.17) is 0 Å². The number of carbonyl (C=O) groups excluding carboxylic acids is 2. The lowest BCUT2D eigenvalue weighted by molar-refractivity contribution is 0.0718. The van der Waals surface area contributed by atoms with E-state index in [1.54, 1.807) is 6.20 Å². The highest BCUT2D eigenvalue weighted by Gasteiger charge is 2.34. The van der Waals surface area contributed by atoms with Crippen LogP contribution in [0.25, 0.3) is 0 Å². The molecule has 2 heterocycles. The molecule has 1 saturated carbocycles. The molecule has 1 aliphatic heterocycles. The van der Waals surface area contributed by atoms with E-state index in [0.717, 1.165) is 37.1 Å². The number of carbonyl (C=O) groups is 2. The summed E-state index contributed by atoms with van der Waals surface area (Å²) in [5.41, 5.74) is 2.58. The van der Waals surface area contributed by atoms with Crippen LogP contribution in [-0.4, -0.2) is 57.6 Å². The number of amides is 2. The Bertz CT molecular complexity index is 870. The van der Waals surface area contributed by atoms with E-state index in [9.17, 15) is 9.59 Å². The van der Waals surface area contributed by atoms with Crippen molar-refractivity contribution < 1.29 is 9.59 Å². The Morgan fingerprint density at radius 2 is 1.66 bits per heavy atom. The van der Waals surface area contributed by atoms with Crippen molar-refractivity contribution in [1.29, 1.82) is 0 Å². The molecule has 6 nitrogen and oxygen atoms in total. The van der Waals surface area contributed by atoms with E-state index in [1.807, 2.05) is 44.8 Å². The van der Waals surface area contributed by atoms with Crippen molar-refractivity contribution >= 4 is 11.8 Å². The van der Waals surface area contributed by atoms with Crippen LogP contribution in [0.3, 0.4) is 0 Å². The lowest BCUT2D eigenvalue weighted by Gasteiger charge is -2.22. The van der Waals surface area contributed by atoms with Gasteiger partial charge in [-0.05, 0) is 37.3 Å². The van der Waals surface area contributed by atoms with Crippen LogP contribution in [0.4, 0.5) is 0 Å². The summed E-state index contributed by atoms with van der Waals surface area (Å²) in [7, 11) is 0. The first-order valence-electron chi connectivity index (χ1n) is 10.7. The molecule has 1 saturated heterocycles. The fraction of sp³-hybridized carbons (Fsp3) is 0.522. The van der Waals surface area contributed by atoms with Crippen LogP contribution in [-0.2, 0) is 6.54 Å². The van der Waals surface area contributed by atoms with Crippen LogP contribution in [0.5, 0.6) is 0 Å². The summed E-state index contributed by atoms with van der Waals surface area (Å²) in [6, 6.07) is 9.38. The van der Waals surface area contributed by atoms with Crippen LogP contribution < -0.4 is 0 Å². The van der Waals surface area contributed by atoms with Gasteiger partial charge in [0.15, 0.2) is 0 Å². The van der Waals surface area contributed by atoms with Crippen molar-refractivity contribution in [2.24, 2.45) is 5.92 Å². The Labute approximate surface area is 172 Å². The first-order valence-corrected chi connectivity index (χ1v) is 10.7. The van der Waals surface area contributed by atoms with Crippen molar-refractivity contribution in [2.75, 3.05) is 26.2 Å². The van der Waals surface area contributed by atoms with Crippen LogP contribution in [0, 0.1) is 5.92 Å². The fourth-order valence-corrected chi connectivity index (χ4v) is 4.10. The zero-order valence-electron chi connectivity index (χ0n) is 17.4. The molecule has 0 spiro atoms. The van der Waals surface area contributed by atoms with Crippen LogP contribution in [0.2, 0.25) is 0 Å². The maximum absolute atomic E-state index is 13.3. The molecule has 2 fully saturated rings. The molecule has 0 bridgehead atoms. The Morgan fingerprint density at radius 1 is 1.00 bits per heavy atom. The number of rotatable bonds is 5. The molecule has 29 heavy (non-hydrogen) atoms. The standard InChI is InChI=1S/C23H30N4O2/c1-17(2)16-27-21(18-9-10-18)20(15-24-27)23(29)26-12-6-11-25(13-14-26)22(28)19-7-4-3-5-8-19/h3-5,7-8,15,17-18H,6,9-14,16H2,1-2H3. The molecule has 0 unspecified atom stereocenters. The predicted octanol–water partition coefficient (Wildman–Crippen LogP) is 3.40. The molecule has 2 amide bonds. The molecule has 2 aliphatic rings. The molecule has 1 aromatic heterocycles. The summed E-state index contributed by atoms with van der Waals surface area (Å²) in [5, 5.41) is 4.54. The van der Waals surface area contributed by atoms with Crippen molar-refractivity contribution in [1.82, 2.24) is 19.6 Å². The number of benzene rings is 1. The van der Waals surface area contributed by atoms with Crippen molar-refractivity contribution in [3.63, 3.8) is 0 Å². The summed E-state index contributed by atoms with van der Waals surface area (Å²) in [5.74, 6) is 1.07. The van der Waals surface area contributed by atoms with Gasteiger partial charge in [-0.25, -0.2) is 0 Å². The minimum atomic E-state index is 0.0447.